The van der Waals surface area contributed by atoms with Crippen LogP contribution in [0.1, 0.15) is 27.1 Å². The minimum atomic E-state index is -0.377. The van der Waals surface area contributed by atoms with Gasteiger partial charge in [-0.1, -0.05) is 36.4 Å². The van der Waals surface area contributed by atoms with Crippen molar-refractivity contribution in [3.05, 3.63) is 71.8 Å². The van der Waals surface area contributed by atoms with Gasteiger partial charge in [-0.25, -0.2) is 10.9 Å². The molecule has 0 unspecified atom stereocenters. The predicted molar refractivity (Wildman–Crippen MR) is 95.4 cm³/mol. The maximum atomic E-state index is 11.9. The van der Waals surface area contributed by atoms with Gasteiger partial charge in [0.1, 0.15) is 0 Å². The Bertz CT molecular complexity index is 758. The summed E-state index contributed by atoms with van der Waals surface area (Å²) >= 11 is 0. The fraction of sp³-hybridized carbons (Fsp3) is 0.111. The van der Waals surface area contributed by atoms with Crippen LogP contribution in [0.15, 0.2) is 70.9 Å². The largest absolute Gasteiger partial charge is 0.396 e. The lowest BCUT2D eigenvalue weighted by molar-refractivity contribution is 0.0946. The van der Waals surface area contributed by atoms with Crippen molar-refractivity contribution in [3.63, 3.8) is 0 Å². The zero-order valence-corrected chi connectivity index (χ0v) is 13.4. The van der Waals surface area contributed by atoms with Gasteiger partial charge in [0.05, 0.1) is 11.9 Å². The summed E-state index contributed by atoms with van der Waals surface area (Å²) in [6, 6.07) is 17.2. The molecule has 0 radical (unpaired) electrons. The first-order valence-corrected chi connectivity index (χ1v) is 7.62. The quantitative estimate of drug-likeness (QED) is 0.527. The number of aliphatic hydroxyl groups is 1. The van der Waals surface area contributed by atoms with Crippen molar-refractivity contribution in [1.82, 2.24) is 10.9 Å². The van der Waals surface area contributed by atoms with Gasteiger partial charge in [-0.15, -0.1) is 0 Å². The number of nitrogens with zero attached hydrogens (tertiary/aromatic N) is 2. The van der Waals surface area contributed by atoms with E-state index in [0.29, 0.717) is 16.8 Å². The molecular weight excluding hydrogens is 320 g/mol. The van der Waals surface area contributed by atoms with Gasteiger partial charge < -0.3 is 5.11 Å². The standard InChI is InChI=1S/C18H18N4O3/c23-12-11-16(20-22-18(25)15-9-5-2-6-10-15)13-19-21-17(24)14-7-3-1-4-8-14/h1-10,13,23H,11-12H2,(H,21,24)(H,22,25). The lowest BCUT2D eigenvalue weighted by Crippen LogP contribution is -2.22. The molecule has 0 spiro atoms. The van der Waals surface area contributed by atoms with Crippen LogP contribution < -0.4 is 10.9 Å². The highest BCUT2D eigenvalue weighted by molar-refractivity contribution is 6.30. The van der Waals surface area contributed by atoms with Gasteiger partial charge in [0, 0.05) is 24.2 Å². The monoisotopic (exact) mass is 338 g/mol. The molecule has 2 aromatic rings. The van der Waals surface area contributed by atoms with Gasteiger partial charge in [0.15, 0.2) is 0 Å². The highest BCUT2D eigenvalue weighted by Gasteiger charge is 2.04. The fourth-order valence-electron chi connectivity index (χ4n) is 1.86. The van der Waals surface area contributed by atoms with E-state index >= 15 is 0 Å². The van der Waals surface area contributed by atoms with Crippen molar-refractivity contribution >= 4 is 23.7 Å². The third kappa shape index (κ3) is 6.00. The number of hydrogen-bond donors (Lipinski definition) is 3. The van der Waals surface area contributed by atoms with E-state index in [0.717, 1.165) is 0 Å². The smallest absolute Gasteiger partial charge is 0.271 e. The second kappa shape index (κ2) is 9.74. The summed E-state index contributed by atoms with van der Waals surface area (Å²) in [5.41, 5.74) is 6.00. The number of aliphatic hydroxyl groups excluding tert-OH is 1. The summed E-state index contributed by atoms with van der Waals surface area (Å²) in [5.74, 6) is -0.744. The third-order valence-corrected chi connectivity index (χ3v) is 3.12. The highest BCUT2D eigenvalue weighted by Crippen LogP contribution is 1.98. The van der Waals surface area contributed by atoms with E-state index in [1.165, 1.54) is 6.21 Å². The summed E-state index contributed by atoms with van der Waals surface area (Å²) in [5, 5.41) is 16.8. The Balaban J connectivity index is 1.95. The summed E-state index contributed by atoms with van der Waals surface area (Å²) in [4.78, 5) is 23.8. The Morgan fingerprint density at radius 1 is 0.880 bits per heavy atom. The van der Waals surface area contributed by atoms with Gasteiger partial charge in [-0.3, -0.25) is 9.59 Å². The Labute approximate surface area is 145 Å². The van der Waals surface area contributed by atoms with E-state index in [9.17, 15) is 9.59 Å². The molecule has 0 aliphatic carbocycles. The zero-order chi connectivity index (χ0) is 17.9. The topological polar surface area (TPSA) is 103 Å². The second-order valence-corrected chi connectivity index (χ2v) is 4.95. The third-order valence-electron chi connectivity index (χ3n) is 3.12. The number of benzene rings is 2. The van der Waals surface area contributed by atoms with Crippen molar-refractivity contribution in [2.75, 3.05) is 6.61 Å². The minimum Gasteiger partial charge on any atom is -0.396 e. The molecule has 2 rings (SSSR count). The predicted octanol–water partition coefficient (Wildman–Crippen LogP) is 1.57. The van der Waals surface area contributed by atoms with E-state index in [4.69, 9.17) is 5.11 Å². The fourth-order valence-corrected chi connectivity index (χ4v) is 1.86. The number of amides is 2. The average molecular weight is 338 g/mol. The number of hydrogen-bond acceptors (Lipinski definition) is 5. The van der Waals surface area contributed by atoms with Crippen LogP contribution in [-0.2, 0) is 0 Å². The van der Waals surface area contributed by atoms with Crippen LogP contribution in [0.5, 0.6) is 0 Å². The van der Waals surface area contributed by atoms with Crippen LogP contribution >= 0.6 is 0 Å². The van der Waals surface area contributed by atoms with Crippen molar-refractivity contribution < 1.29 is 14.7 Å². The lowest BCUT2D eigenvalue weighted by Gasteiger charge is -2.02. The molecule has 2 aromatic carbocycles. The molecule has 0 saturated carbocycles. The number of carbonyl (C=O) groups excluding carboxylic acids is 2. The average Bonchev–Trinajstić information content (AvgIpc) is 2.67. The Morgan fingerprint density at radius 3 is 1.92 bits per heavy atom. The SMILES string of the molecule is O=C(NN=CC(CCO)=NNC(=O)c1ccccc1)c1ccccc1. The van der Waals surface area contributed by atoms with Gasteiger partial charge in [0.25, 0.3) is 11.8 Å². The number of rotatable bonds is 7. The maximum Gasteiger partial charge on any atom is 0.271 e. The molecule has 0 aliphatic heterocycles. The molecule has 7 nitrogen and oxygen atoms in total. The molecule has 0 aromatic heterocycles. The van der Waals surface area contributed by atoms with Crippen molar-refractivity contribution in [1.29, 1.82) is 0 Å². The van der Waals surface area contributed by atoms with Gasteiger partial charge in [-0.2, -0.15) is 10.2 Å². The molecule has 128 valence electrons. The van der Waals surface area contributed by atoms with E-state index < -0.39 is 0 Å². The first kappa shape index (κ1) is 18.0. The van der Waals surface area contributed by atoms with Crippen LogP contribution in [0.4, 0.5) is 0 Å². The first-order valence-electron chi connectivity index (χ1n) is 7.62. The summed E-state index contributed by atoms with van der Waals surface area (Å²) in [6.07, 6.45) is 1.46. The molecule has 3 N–H and O–H groups in total. The minimum absolute atomic E-state index is 0.168. The number of carbonyl (C=O) groups is 2. The van der Waals surface area contributed by atoms with Gasteiger partial charge >= 0.3 is 0 Å². The molecule has 2 amide bonds. The highest BCUT2D eigenvalue weighted by atomic mass is 16.3. The van der Waals surface area contributed by atoms with Crippen LogP contribution in [0.25, 0.3) is 0 Å². The Kier molecular flexibility index (Phi) is 7.02. The molecular formula is C18H18N4O3. The number of nitrogens with one attached hydrogen (secondary N) is 2. The van der Waals surface area contributed by atoms with Crippen LogP contribution in [0, 0.1) is 0 Å². The van der Waals surface area contributed by atoms with E-state index in [2.05, 4.69) is 21.1 Å². The molecule has 7 heteroatoms. The van der Waals surface area contributed by atoms with Gasteiger partial charge in [-0.05, 0) is 24.3 Å². The molecule has 25 heavy (non-hydrogen) atoms. The molecule has 0 bridgehead atoms. The summed E-state index contributed by atoms with van der Waals surface area (Å²) < 4.78 is 0. The first-order chi connectivity index (χ1) is 12.2. The van der Waals surface area contributed by atoms with Crippen molar-refractivity contribution in [3.8, 4) is 0 Å². The molecule has 0 aliphatic rings. The molecule has 0 atom stereocenters. The Hall–Kier alpha value is -3.32. The Morgan fingerprint density at radius 2 is 1.40 bits per heavy atom. The van der Waals surface area contributed by atoms with Crippen molar-refractivity contribution in [2.45, 2.75) is 6.42 Å². The zero-order valence-electron chi connectivity index (χ0n) is 13.4. The van der Waals surface area contributed by atoms with Gasteiger partial charge in [0.2, 0.25) is 0 Å². The van der Waals surface area contributed by atoms with E-state index in [1.54, 1.807) is 54.6 Å². The summed E-state index contributed by atoms with van der Waals surface area (Å²) in [6.45, 7) is -0.168. The maximum absolute atomic E-state index is 11.9. The van der Waals surface area contributed by atoms with Crippen LogP contribution in [-0.4, -0.2) is 35.5 Å². The van der Waals surface area contributed by atoms with Crippen molar-refractivity contribution in [2.24, 2.45) is 10.2 Å². The normalized spacial score (nSPS) is 11.3. The van der Waals surface area contributed by atoms with Crippen LogP contribution in [0.2, 0.25) is 0 Å². The van der Waals surface area contributed by atoms with Crippen LogP contribution in [0.3, 0.4) is 0 Å². The lowest BCUT2D eigenvalue weighted by atomic mass is 10.2. The summed E-state index contributed by atoms with van der Waals surface area (Å²) in [7, 11) is 0. The molecule has 0 saturated heterocycles. The van der Waals surface area contributed by atoms with E-state index in [-0.39, 0.29) is 24.8 Å². The number of hydrazone groups is 2. The molecule has 0 heterocycles. The van der Waals surface area contributed by atoms with E-state index in [1.807, 2.05) is 6.07 Å². The molecule has 0 fully saturated rings. The second-order valence-electron chi connectivity index (χ2n) is 4.95.